The minimum Gasteiger partial charge on any atom is -0.326 e. The number of carbonyl (C=O) groups is 1. The molecule has 0 spiro atoms. The van der Waals surface area contributed by atoms with Crippen LogP contribution in [0.5, 0.6) is 0 Å². The van der Waals surface area contributed by atoms with Gasteiger partial charge in [-0.3, -0.25) is 4.79 Å². The lowest BCUT2D eigenvalue weighted by atomic mass is 9.97. The van der Waals surface area contributed by atoms with Gasteiger partial charge in [-0.1, -0.05) is 48.0 Å². The van der Waals surface area contributed by atoms with Crippen LogP contribution in [-0.4, -0.2) is 31.7 Å². The highest BCUT2D eigenvalue weighted by atomic mass is 32.2. The van der Waals surface area contributed by atoms with Gasteiger partial charge in [0.05, 0.1) is 4.90 Å². The van der Waals surface area contributed by atoms with Gasteiger partial charge < -0.3 is 5.32 Å². The summed E-state index contributed by atoms with van der Waals surface area (Å²) in [7, 11) is -3.51. The van der Waals surface area contributed by atoms with Crippen LogP contribution in [0.25, 0.3) is 10.8 Å². The van der Waals surface area contributed by atoms with E-state index >= 15 is 0 Å². The average Bonchev–Trinajstić information content (AvgIpc) is 2.74. The third-order valence-corrected chi connectivity index (χ3v) is 7.41. The van der Waals surface area contributed by atoms with Gasteiger partial charge in [-0.05, 0) is 54.8 Å². The second-order valence-electron chi connectivity index (χ2n) is 7.54. The molecule has 0 bridgehead atoms. The molecule has 3 aromatic carbocycles. The number of piperidine rings is 1. The number of amides is 1. The third kappa shape index (κ3) is 4.18. The number of nitrogens with one attached hydrogen (secondary N) is 1. The van der Waals surface area contributed by atoms with E-state index in [1.165, 1.54) is 4.31 Å². The Morgan fingerprint density at radius 3 is 2.28 bits per heavy atom. The summed E-state index contributed by atoms with van der Waals surface area (Å²) in [5.74, 6) is -0.237. The van der Waals surface area contributed by atoms with Crippen molar-refractivity contribution >= 4 is 32.4 Å². The Bertz CT molecular complexity index is 1130. The molecule has 0 saturated carbocycles. The van der Waals surface area contributed by atoms with Crippen molar-refractivity contribution in [2.24, 2.45) is 5.92 Å². The molecule has 0 atom stereocenters. The highest BCUT2D eigenvalue weighted by Gasteiger charge is 2.32. The first-order valence-electron chi connectivity index (χ1n) is 9.80. The number of hydrogen-bond acceptors (Lipinski definition) is 3. The zero-order chi connectivity index (χ0) is 20.4. The summed E-state index contributed by atoms with van der Waals surface area (Å²) in [4.78, 5) is 13.0. The van der Waals surface area contributed by atoms with E-state index in [1.807, 2.05) is 49.4 Å². The lowest BCUT2D eigenvalue weighted by molar-refractivity contribution is -0.120. The van der Waals surface area contributed by atoms with Crippen molar-refractivity contribution in [3.8, 4) is 0 Å². The molecule has 4 rings (SSSR count). The molecule has 0 radical (unpaired) electrons. The summed E-state index contributed by atoms with van der Waals surface area (Å²) < 4.78 is 27.1. The predicted molar refractivity (Wildman–Crippen MR) is 115 cm³/mol. The number of nitrogens with zero attached hydrogens (tertiary/aromatic N) is 1. The maximum Gasteiger partial charge on any atom is 0.243 e. The van der Waals surface area contributed by atoms with Gasteiger partial charge in [0, 0.05) is 24.7 Å². The Kier molecular flexibility index (Phi) is 5.39. The molecular formula is C23H24N2O3S. The monoisotopic (exact) mass is 408 g/mol. The SMILES string of the molecule is Cc1ccc(S(=O)(=O)N2CCC(C(=O)Nc3ccc4ccccc4c3)CC2)cc1. The zero-order valence-electron chi connectivity index (χ0n) is 16.3. The summed E-state index contributed by atoms with van der Waals surface area (Å²) in [6, 6.07) is 20.7. The number of carbonyl (C=O) groups excluding carboxylic acids is 1. The molecule has 5 nitrogen and oxygen atoms in total. The van der Waals surface area contributed by atoms with Crippen LogP contribution in [0, 0.1) is 12.8 Å². The van der Waals surface area contributed by atoms with Crippen LogP contribution >= 0.6 is 0 Å². The fourth-order valence-electron chi connectivity index (χ4n) is 3.73. The number of sulfonamides is 1. The summed E-state index contributed by atoms with van der Waals surface area (Å²) >= 11 is 0. The fourth-order valence-corrected chi connectivity index (χ4v) is 5.20. The molecule has 1 fully saturated rings. The maximum absolute atomic E-state index is 12.8. The Hall–Kier alpha value is -2.70. The number of benzene rings is 3. The first kappa shape index (κ1) is 19.6. The van der Waals surface area contributed by atoms with Gasteiger partial charge in [-0.25, -0.2) is 8.42 Å². The average molecular weight is 409 g/mol. The zero-order valence-corrected chi connectivity index (χ0v) is 17.2. The van der Waals surface area contributed by atoms with E-state index in [4.69, 9.17) is 0 Å². The van der Waals surface area contributed by atoms with E-state index in [0.29, 0.717) is 30.8 Å². The van der Waals surface area contributed by atoms with Gasteiger partial charge in [0.15, 0.2) is 0 Å². The normalized spacial score (nSPS) is 16.0. The first-order valence-corrected chi connectivity index (χ1v) is 11.2. The maximum atomic E-state index is 12.8. The summed E-state index contributed by atoms with van der Waals surface area (Å²) in [6.45, 7) is 2.63. The fraction of sp³-hybridized carbons (Fsp3) is 0.261. The van der Waals surface area contributed by atoms with E-state index in [-0.39, 0.29) is 11.8 Å². The number of aryl methyl sites for hydroxylation is 1. The van der Waals surface area contributed by atoms with Crippen molar-refractivity contribution in [3.05, 3.63) is 72.3 Å². The Morgan fingerprint density at radius 1 is 0.931 bits per heavy atom. The highest BCUT2D eigenvalue weighted by molar-refractivity contribution is 7.89. The Balaban J connectivity index is 1.39. The van der Waals surface area contributed by atoms with Crippen molar-refractivity contribution in [1.82, 2.24) is 4.31 Å². The van der Waals surface area contributed by atoms with Crippen LogP contribution in [0.4, 0.5) is 5.69 Å². The van der Waals surface area contributed by atoms with E-state index in [2.05, 4.69) is 5.32 Å². The molecule has 150 valence electrons. The van der Waals surface area contributed by atoms with Crippen LogP contribution in [-0.2, 0) is 14.8 Å². The van der Waals surface area contributed by atoms with Crippen molar-refractivity contribution in [3.63, 3.8) is 0 Å². The minimum atomic E-state index is -3.51. The number of rotatable bonds is 4. The van der Waals surface area contributed by atoms with E-state index in [9.17, 15) is 13.2 Å². The van der Waals surface area contributed by atoms with Crippen molar-refractivity contribution < 1.29 is 13.2 Å². The molecule has 29 heavy (non-hydrogen) atoms. The molecule has 1 aliphatic rings. The standard InChI is InChI=1S/C23H24N2O3S/c1-17-6-10-22(11-7-17)29(27,28)25-14-12-19(13-15-25)23(26)24-21-9-8-18-4-2-3-5-20(18)16-21/h2-11,16,19H,12-15H2,1H3,(H,24,26). The summed E-state index contributed by atoms with van der Waals surface area (Å²) in [5, 5.41) is 5.19. The second kappa shape index (κ2) is 7.97. The van der Waals surface area contributed by atoms with Crippen LogP contribution in [0.1, 0.15) is 18.4 Å². The largest absolute Gasteiger partial charge is 0.326 e. The van der Waals surface area contributed by atoms with Crippen LogP contribution in [0.2, 0.25) is 0 Å². The molecule has 1 heterocycles. The van der Waals surface area contributed by atoms with Gasteiger partial charge in [0.2, 0.25) is 15.9 Å². The predicted octanol–water partition coefficient (Wildman–Crippen LogP) is 4.19. The number of fused-ring (bicyclic) bond motifs is 1. The lowest BCUT2D eigenvalue weighted by Crippen LogP contribution is -2.41. The molecule has 0 unspecified atom stereocenters. The second-order valence-corrected chi connectivity index (χ2v) is 9.48. The van der Waals surface area contributed by atoms with Gasteiger partial charge in [0.1, 0.15) is 0 Å². The van der Waals surface area contributed by atoms with E-state index in [0.717, 1.165) is 22.0 Å². The molecule has 1 saturated heterocycles. The Labute approximate surface area is 171 Å². The molecule has 0 aromatic heterocycles. The minimum absolute atomic E-state index is 0.0485. The molecular weight excluding hydrogens is 384 g/mol. The highest BCUT2D eigenvalue weighted by Crippen LogP contribution is 2.26. The number of anilines is 1. The molecule has 3 aromatic rings. The van der Waals surface area contributed by atoms with Crippen LogP contribution in [0.3, 0.4) is 0 Å². The smallest absolute Gasteiger partial charge is 0.243 e. The van der Waals surface area contributed by atoms with Crippen LogP contribution < -0.4 is 5.32 Å². The topological polar surface area (TPSA) is 66.5 Å². The van der Waals surface area contributed by atoms with E-state index in [1.54, 1.807) is 24.3 Å². The van der Waals surface area contributed by atoms with Gasteiger partial charge in [-0.2, -0.15) is 4.31 Å². The molecule has 1 amide bonds. The van der Waals surface area contributed by atoms with Crippen molar-refractivity contribution in [2.45, 2.75) is 24.7 Å². The quantitative estimate of drug-likeness (QED) is 0.704. The Morgan fingerprint density at radius 2 is 1.59 bits per heavy atom. The molecule has 1 N–H and O–H groups in total. The molecule has 1 aliphatic heterocycles. The van der Waals surface area contributed by atoms with E-state index < -0.39 is 10.0 Å². The van der Waals surface area contributed by atoms with Crippen molar-refractivity contribution in [1.29, 1.82) is 0 Å². The lowest BCUT2D eigenvalue weighted by Gasteiger charge is -2.30. The van der Waals surface area contributed by atoms with Gasteiger partial charge in [-0.15, -0.1) is 0 Å². The number of hydrogen-bond donors (Lipinski definition) is 1. The van der Waals surface area contributed by atoms with Gasteiger partial charge >= 0.3 is 0 Å². The van der Waals surface area contributed by atoms with Crippen molar-refractivity contribution in [2.75, 3.05) is 18.4 Å². The molecule has 6 heteroatoms. The van der Waals surface area contributed by atoms with Crippen LogP contribution in [0.15, 0.2) is 71.6 Å². The first-order chi connectivity index (χ1) is 13.9. The molecule has 0 aliphatic carbocycles. The van der Waals surface area contributed by atoms with Gasteiger partial charge in [0.25, 0.3) is 0 Å². The summed E-state index contributed by atoms with van der Waals surface area (Å²) in [6.07, 6.45) is 1.04. The summed E-state index contributed by atoms with van der Waals surface area (Å²) in [5.41, 5.74) is 1.79. The third-order valence-electron chi connectivity index (χ3n) is 5.50.